The molecule has 0 radical (unpaired) electrons. The number of rotatable bonds is 4. The van der Waals surface area contributed by atoms with Crippen LogP contribution in [-0.4, -0.2) is 14.2 Å². The van der Waals surface area contributed by atoms with Gasteiger partial charge in [-0.2, -0.15) is 8.78 Å². The average Bonchev–Trinajstić information content (AvgIpc) is 2.85. The van der Waals surface area contributed by atoms with Crippen LogP contribution in [0.15, 0.2) is 24.5 Å². The van der Waals surface area contributed by atoms with Crippen LogP contribution in [0.25, 0.3) is 0 Å². The Hall–Kier alpha value is -1.85. The molecule has 17 heavy (non-hydrogen) atoms. The van der Waals surface area contributed by atoms with E-state index in [9.17, 15) is 8.78 Å². The summed E-state index contributed by atoms with van der Waals surface area (Å²) in [4.78, 5) is 3.90. The topological polar surface area (TPSA) is 34.8 Å². The van der Waals surface area contributed by atoms with Gasteiger partial charge in [-0.15, -0.1) is 0 Å². The molecule has 0 aliphatic heterocycles. The Labute approximate surface area is 97.9 Å². The molecule has 0 aliphatic rings. The van der Waals surface area contributed by atoms with Gasteiger partial charge in [0, 0.05) is 23.8 Å². The molecule has 2 aromatic rings. The van der Waals surface area contributed by atoms with Crippen molar-refractivity contribution < 1.29 is 8.78 Å². The van der Waals surface area contributed by atoms with Gasteiger partial charge in [-0.25, -0.2) is 4.98 Å². The van der Waals surface area contributed by atoms with Gasteiger partial charge in [0.1, 0.15) is 5.82 Å². The lowest BCUT2D eigenvalue weighted by Crippen LogP contribution is -2.19. The van der Waals surface area contributed by atoms with E-state index in [2.05, 4.69) is 10.4 Å². The molecule has 0 aromatic carbocycles. The average molecular weight is 240 g/mol. The van der Waals surface area contributed by atoms with E-state index in [4.69, 9.17) is 0 Å². The molecule has 0 atom stereocenters. The lowest BCUT2D eigenvalue weighted by molar-refractivity contribution is 0.0671. The SMILES string of the molecule is Cc1ccc(C)n1NCc1nccn1C(F)F. The Morgan fingerprint density at radius 1 is 1.29 bits per heavy atom. The largest absolute Gasteiger partial charge is 0.319 e. The number of aromatic nitrogens is 3. The second-order valence-corrected chi connectivity index (χ2v) is 3.81. The molecular formula is C11H14F2N4. The third-order valence-corrected chi connectivity index (χ3v) is 2.63. The molecule has 0 unspecified atom stereocenters. The van der Waals surface area contributed by atoms with Crippen molar-refractivity contribution >= 4 is 0 Å². The number of alkyl halides is 2. The fourth-order valence-electron chi connectivity index (χ4n) is 1.73. The third-order valence-electron chi connectivity index (χ3n) is 2.63. The van der Waals surface area contributed by atoms with Crippen molar-refractivity contribution in [3.63, 3.8) is 0 Å². The van der Waals surface area contributed by atoms with Gasteiger partial charge < -0.3 is 5.43 Å². The highest BCUT2D eigenvalue weighted by molar-refractivity contribution is 5.15. The first-order chi connectivity index (χ1) is 8.09. The number of nitrogens with zero attached hydrogens (tertiary/aromatic N) is 3. The first-order valence-corrected chi connectivity index (χ1v) is 5.28. The van der Waals surface area contributed by atoms with E-state index in [0.717, 1.165) is 16.0 Å². The van der Waals surface area contributed by atoms with Crippen LogP contribution in [0.2, 0.25) is 0 Å². The van der Waals surface area contributed by atoms with Crippen LogP contribution in [0.1, 0.15) is 23.8 Å². The van der Waals surface area contributed by atoms with Gasteiger partial charge in [-0.3, -0.25) is 9.24 Å². The summed E-state index contributed by atoms with van der Waals surface area (Å²) in [5.41, 5.74) is 5.11. The molecule has 2 rings (SSSR count). The quantitative estimate of drug-likeness (QED) is 0.890. The molecule has 92 valence electrons. The highest BCUT2D eigenvalue weighted by atomic mass is 19.3. The summed E-state index contributed by atoms with van der Waals surface area (Å²) in [6.07, 6.45) is 2.65. The third kappa shape index (κ3) is 2.30. The normalized spacial score (nSPS) is 11.1. The lowest BCUT2D eigenvalue weighted by Gasteiger charge is -2.13. The smallest absolute Gasteiger partial charge is 0.318 e. The van der Waals surface area contributed by atoms with Crippen molar-refractivity contribution in [2.45, 2.75) is 26.9 Å². The van der Waals surface area contributed by atoms with Gasteiger partial charge >= 0.3 is 6.55 Å². The second-order valence-electron chi connectivity index (χ2n) is 3.81. The summed E-state index contributed by atoms with van der Waals surface area (Å²) in [5.74, 6) is 0.313. The number of halogens is 2. The minimum absolute atomic E-state index is 0.258. The van der Waals surface area contributed by atoms with E-state index in [1.807, 2.05) is 30.7 Å². The summed E-state index contributed by atoms with van der Waals surface area (Å²) in [6, 6.07) is 3.92. The Bertz CT molecular complexity index is 482. The maximum Gasteiger partial charge on any atom is 0.319 e. The zero-order valence-corrected chi connectivity index (χ0v) is 9.69. The zero-order chi connectivity index (χ0) is 12.4. The number of hydrogen-bond acceptors (Lipinski definition) is 2. The van der Waals surface area contributed by atoms with E-state index >= 15 is 0 Å². The zero-order valence-electron chi connectivity index (χ0n) is 9.69. The predicted octanol–water partition coefficient (Wildman–Crippen LogP) is 2.44. The number of nitrogens with one attached hydrogen (secondary N) is 1. The molecule has 2 heterocycles. The summed E-state index contributed by atoms with van der Waals surface area (Å²) in [7, 11) is 0. The molecule has 4 nitrogen and oxygen atoms in total. The predicted molar refractivity (Wildman–Crippen MR) is 60.5 cm³/mol. The number of hydrogen-bond donors (Lipinski definition) is 1. The van der Waals surface area contributed by atoms with E-state index in [1.165, 1.54) is 12.4 Å². The summed E-state index contributed by atoms with van der Waals surface area (Å²) < 4.78 is 27.8. The van der Waals surface area contributed by atoms with E-state index in [1.54, 1.807) is 0 Å². The summed E-state index contributed by atoms with van der Waals surface area (Å²) >= 11 is 0. The number of imidazole rings is 1. The maximum absolute atomic E-state index is 12.6. The van der Waals surface area contributed by atoms with Crippen molar-refractivity contribution in [3.05, 3.63) is 41.7 Å². The van der Waals surface area contributed by atoms with Crippen molar-refractivity contribution in [1.82, 2.24) is 14.2 Å². The lowest BCUT2D eigenvalue weighted by atomic mass is 10.5. The van der Waals surface area contributed by atoms with Gasteiger partial charge in [0.2, 0.25) is 0 Å². The first kappa shape index (κ1) is 11.6. The van der Waals surface area contributed by atoms with Crippen molar-refractivity contribution in [1.29, 1.82) is 0 Å². The van der Waals surface area contributed by atoms with E-state index < -0.39 is 6.55 Å². The van der Waals surface area contributed by atoms with Crippen molar-refractivity contribution in [2.24, 2.45) is 0 Å². The van der Waals surface area contributed by atoms with Crippen LogP contribution in [-0.2, 0) is 6.54 Å². The molecular weight excluding hydrogens is 226 g/mol. The van der Waals surface area contributed by atoms with Crippen LogP contribution in [0.5, 0.6) is 0 Å². The Kier molecular flexibility index (Phi) is 3.12. The second kappa shape index (κ2) is 4.57. The monoisotopic (exact) mass is 240 g/mol. The molecule has 2 aromatic heterocycles. The van der Waals surface area contributed by atoms with Crippen LogP contribution in [0.4, 0.5) is 8.78 Å². The molecule has 0 saturated heterocycles. The molecule has 0 saturated carbocycles. The van der Waals surface area contributed by atoms with E-state index in [0.29, 0.717) is 5.82 Å². The summed E-state index contributed by atoms with van der Waals surface area (Å²) in [5, 5.41) is 0. The van der Waals surface area contributed by atoms with Crippen LogP contribution in [0, 0.1) is 13.8 Å². The fourth-order valence-corrected chi connectivity index (χ4v) is 1.73. The molecule has 1 N–H and O–H groups in total. The number of aryl methyl sites for hydroxylation is 2. The van der Waals surface area contributed by atoms with Crippen LogP contribution in [0.3, 0.4) is 0 Å². The molecule has 0 aliphatic carbocycles. The van der Waals surface area contributed by atoms with Gasteiger partial charge in [-0.1, -0.05) is 0 Å². The Balaban J connectivity index is 2.10. The van der Waals surface area contributed by atoms with Crippen molar-refractivity contribution in [2.75, 3.05) is 5.43 Å². The first-order valence-electron chi connectivity index (χ1n) is 5.28. The Morgan fingerprint density at radius 2 is 1.94 bits per heavy atom. The molecule has 0 bridgehead atoms. The maximum atomic E-state index is 12.6. The standard InChI is InChI=1S/C11H14F2N4/c1-8-3-4-9(2)17(8)15-7-10-14-5-6-16(10)11(12)13/h3-6,11,15H,7H2,1-2H3. The van der Waals surface area contributed by atoms with Gasteiger partial charge in [-0.05, 0) is 26.0 Å². The van der Waals surface area contributed by atoms with Crippen molar-refractivity contribution in [3.8, 4) is 0 Å². The minimum Gasteiger partial charge on any atom is -0.318 e. The highest BCUT2D eigenvalue weighted by Crippen LogP contribution is 2.12. The van der Waals surface area contributed by atoms with Gasteiger partial charge in [0.25, 0.3) is 0 Å². The molecule has 0 fully saturated rings. The molecule has 0 amide bonds. The van der Waals surface area contributed by atoms with E-state index in [-0.39, 0.29) is 6.54 Å². The van der Waals surface area contributed by atoms with Crippen LogP contribution < -0.4 is 5.43 Å². The Morgan fingerprint density at radius 3 is 2.53 bits per heavy atom. The molecule has 6 heteroatoms. The highest BCUT2D eigenvalue weighted by Gasteiger charge is 2.11. The summed E-state index contributed by atoms with van der Waals surface area (Å²) in [6.45, 7) is 1.59. The fraction of sp³-hybridized carbons (Fsp3) is 0.364. The van der Waals surface area contributed by atoms with Gasteiger partial charge in [0.15, 0.2) is 0 Å². The van der Waals surface area contributed by atoms with Gasteiger partial charge in [0.05, 0.1) is 6.54 Å². The van der Waals surface area contributed by atoms with Crippen LogP contribution >= 0.6 is 0 Å². The molecule has 0 spiro atoms. The minimum atomic E-state index is -2.55.